The third-order valence-corrected chi connectivity index (χ3v) is 2.52. The number of methoxy groups -OCH3 is 2. The lowest BCUT2D eigenvalue weighted by Crippen LogP contribution is -2.38. The molecule has 0 aromatic heterocycles. The molecule has 1 aromatic carbocycles. The van der Waals surface area contributed by atoms with Crippen LogP contribution >= 0.6 is 0 Å². The summed E-state index contributed by atoms with van der Waals surface area (Å²) in [5.74, 6) is 0.110. The average Bonchev–Trinajstić information content (AvgIpc) is 2.34. The van der Waals surface area contributed by atoms with E-state index in [1.54, 1.807) is 13.8 Å². The zero-order valence-corrected chi connectivity index (χ0v) is 12.1. The molecular weight excluding hydrogens is 262 g/mol. The maximum Gasteiger partial charge on any atom is 0.251 e. The predicted molar refractivity (Wildman–Crippen MR) is 76.2 cm³/mol. The molecule has 0 fully saturated rings. The lowest BCUT2D eigenvalue weighted by molar-refractivity contribution is 0.1000. The van der Waals surface area contributed by atoms with Crippen LogP contribution in [0.4, 0.5) is 5.69 Å². The number of benzene rings is 1. The number of carbonyl (C=O) groups excluding carboxylic acids is 1. The van der Waals surface area contributed by atoms with Crippen LogP contribution in [0.3, 0.4) is 0 Å². The Morgan fingerprint density at radius 2 is 1.85 bits per heavy atom. The van der Waals surface area contributed by atoms with Gasteiger partial charge in [0.25, 0.3) is 5.91 Å². The molecule has 7 nitrogen and oxygen atoms in total. The Morgan fingerprint density at radius 3 is 2.25 bits per heavy atom. The second-order valence-corrected chi connectivity index (χ2v) is 5.04. The molecule has 0 bridgehead atoms. The van der Waals surface area contributed by atoms with Crippen molar-refractivity contribution < 1.29 is 19.0 Å². The highest BCUT2D eigenvalue weighted by molar-refractivity contribution is 6.00. The molecule has 0 radical (unpaired) electrons. The van der Waals surface area contributed by atoms with Gasteiger partial charge in [-0.2, -0.15) is 0 Å². The van der Waals surface area contributed by atoms with Crippen molar-refractivity contribution in [2.45, 2.75) is 19.4 Å². The van der Waals surface area contributed by atoms with Crippen molar-refractivity contribution in [3.63, 3.8) is 0 Å². The van der Waals surface area contributed by atoms with E-state index in [0.717, 1.165) is 0 Å². The second kappa shape index (κ2) is 5.87. The number of anilines is 1. The lowest BCUT2D eigenvalue weighted by atomic mass is 10.1. The summed E-state index contributed by atoms with van der Waals surface area (Å²) in [7, 11) is 2.89. The second-order valence-electron chi connectivity index (χ2n) is 5.04. The Kier molecular flexibility index (Phi) is 4.67. The first-order valence-corrected chi connectivity index (χ1v) is 5.97. The third kappa shape index (κ3) is 3.45. The highest BCUT2D eigenvalue weighted by Gasteiger charge is 2.23. The van der Waals surface area contributed by atoms with Crippen LogP contribution in [0.25, 0.3) is 0 Å². The standard InChI is InChI=1S/C13H21N3O4/c1-13(2,16)6-20-11-9(14)7(12(15)17)5-8(18-3)10(11)19-4/h5H,6,14,16H2,1-4H3,(H2,15,17). The van der Waals surface area contributed by atoms with E-state index < -0.39 is 11.4 Å². The van der Waals surface area contributed by atoms with Gasteiger partial charge in [-0.1, -0.05) is 0 Å². The number of amides is 1. The van der Waals surface area contributed by atoms with Gasteiger partial charge in [-0.05, 0) is 19.9 Å². The van der Waals surface area contributed by atoms with Gasteiger partial charge in [0.2, 0.25) is 5.75 Å². The minimum atomic E-state index is -0.680. The van der Waals surface area contributed by atoms with E-state index in [4.69, 9.17) is 31.4 Å². The summed E-state index contributed by atoms with van der Waals surface area (Å²) < 4.78 is 16.0. The highest BCUT2D eigenvalue weighted by atomic mass is 16.5. The SMILES string of the molecule is COc1cc(C(N)=O)c(N)c(OCC(C)(C)N)c1OC. The number of ether oxygens (including phenoxy) is 3. The van der Waals surface area contributed by atoms with Gasteiger partial charge in [-0.3, -0.25) is 4.79 Å². The first kappa shape index (κ1) is 15.9. The smallest absolute Gasteiger partial charge is 0.251 e. The van der Waals surface area contributed by atoms with Crippen LogP contribution in [0.1, 0.15) is 24.2 Å². The Hall–Kier alpha value is -2.15. The molecule has 0 aliphatic heterocycles. The van der Waals surface area contributed by atoms with Gasteiger partial charge in [0.05, 0.1) is 25.5 Å². The van der Waals surface area contributed by atoms with Crippen LogP contribution in [0.5, 0.6) is 17.2 Å². The van der Waals surface area contributed by atoms with E-state index in [0.29, 0.717) is 11.5 Å². The van der Waals surface area contributed by atoms with Crippen LogP contribution in [0.2, 0.25) is 0 Å². The summed E-state index contributed by atoms with van der Waals surface area (Å²) in [5.41, 5.74) is 16.7. The molecule has 0 aliphatic carbocycles. The zero-order chi connectivity index (χ0) is 15.5. The molecule has 0 unspecified atom stereocenters. The van der Waals surface area contributed by atoms with Gasteiger partial charge in [0, 0.05) is 5.54 Å². The Bertz CT molecular complexity index is 509. The summed E-state index contributed by atoms with van der Waals surface area (Å²) >= 11 is 0. The van der Waals surface area contributed by atoms with Gasteiger partial charge >= 0.3 is 0 Å². The first-order chi connectivity index (χ1) is 9.21. The average molecular weight is 283 g/mol. The van der Waals surface area contributed by atoms with Crippen LogP contribution in [-0.2, 0) is 0 Å². The van der Waals surface area contributed by atoms with Gasteiger partial charge < -0.3 is 31.4 Å². The molecule has 20 heavy (non-hydrogen) atoms. The van der Waals surface area contributed by atoms with E-state index in [1.165, 1.54) is 20.3 Å². The molecule has 1 amide bonds. The topological polar surface area (TPSA) is 123 Å². The summed E-state index contributed by atoms with van der Waals surface area (Å²) in [6, 6.07) is 1.41. The third-order valence-electron chi connectivity index (χ3n) is 2.52. The number of nitrogens with two attached hydrogens (primary N) is 3. The van der Waals surface area contributed by atoms with Crippen LogP contribution in [0, 0.1) is 0 Å². The van der Waals surface area contributed by atoms with Crippen molar-refractivity contribution >= 4 is 11.6 Å². The fourth-order valence-electron chi connectivity index (χ4n) is 1.58. The zero-order valence-electron chi connectivity index (χ0n) is 12.1. The largest absolute Gasteiger partial charge is 0.493 e. The lowest BCUT2D eigenvalue weighted by Gasteiger charge is -2.22. The Balaban J connectivity index is 3.36. The molecule has 1 rings (SSSR count). The summed E-state index contributed by atoms with van der Waals surface area (Å²) in [6.07, 6.45) is 0. The maximum atomic E-state index is 11.4. The molecule has 6 N–H and O–H groups in total. The van der Waals surface area contributed by atoms with E-state index in [9.17, 15) is 4.79 Å². The minimum Gasteiger partial charge on any atom is -0.493 e. The van der Waals surface area contributed by atoms with E-state index in [-0.39, 0.29) is 23.6 Å². The van der Waals surface area contributed by atoms with E-state index >= 15 is 0 Å². The number of hydrogen-bond donors (Lipinski definition) is 3. The molecule has 0 atom stereocenters. The maximum absolute atomic E-state index is 11.4. The normalized spacial score (nSPS) is 11.1. The van der Waals surface area contributed by atoms with Crippen molar-refractivity contribution in [2.24, 2.45) is 11.5 Å². The van der Waals surface area contributed by atoms with Gasteiger partial charge in [-0.15, -0.1) is 0 Å². The van der Waals surface area contributed by atoms with E-state index in [1.807, 2.05) is 0 Å². The fourth-order valence-corrected chi connectivity index (χ4v) is 1.58. The molecule has 1 aromatic rings. The van der Waals surface area contributed by atoms with Crippen LogP contribution < -0.4 is 31.4 Å². The number of nitrogen functional groups attached to an aromatic ring is 1. The van der Waals surface area contributed by atoms with Crippen molar-refractivity contribution in [3.8, 4) is 17.2 Å². The number of rotatable bonds is 6. The molecule has 0 aliphatic rings. The summed E-state index contributed by atoms with van der Waals surface area (Å²) in [4.78, 5) is 11.4. The molecular formula is C13H21N3O4. The van der Waals surface area contributed by atoms with Gasteiger partial charge in [0.1, 0.15) is 6.61 Å². The highest BCUT2D eigenvalue weighted by Crippen LogP contribution is 2.43. The molecule has 112 valence electrons. The van der Waals surface area contributed by atoms with Gasteiger partial charge in [-0.25, -0.2) is 0 Å². The number of primary amides is 1. The van der Waals surface area contributed by atoms with Crippen molar-refractivity contribution in [2.75, 3.05) is 26.6 Å². The monoisotopic (exact) mass is 283 g/mol. The summed E-state index contributed by atoms with van der Waals surface area (Å²) in [6.45, 7) is 3.77. The summed E-state index contributed by atoms with van der Waals surface area (Å²) in [5, 5.41) is 0. The minimum absolute atomic E-state index is 0.0967. The Morgan fingerprint density at radius 1 is 1.25 bits per heavy atom. The first-order valence-electron chi connectivity index (χ1n) is 5.97. The van der Waals surface area contributed by atoms with Crippen molar-refractivity contribution in [1.82, 2.24) is 0 Å². The molecule has 7 heteroatoms. The van der Waals surface area contributed by atoms with E-state index in [2.05, 4.69) is 0 Å². The number of hydrogen-bond acceptors (Lipinski definition) is 6. The predicted octanol–water partition coefficient (Wildman–Crippen LogP) is 0.501. The van der Waals surface area contributed by atoms with Crippen LogP contribution in [-0.4, -0.2) is 32.3 Å². The Labute approximate surface area is 118 Å². The van der Waals surface area contributed by atoms with Crippen LogP contribution in [0.15, 0.2) is 6.07 Å². The van der Waals surface area contributed by atoms with Crippen molar-refractivity contribution in [3.05, 3.63) is 11.6 Å². The molecule has 0 saturated carbocycles. The van der Waals surface area contributed by atoms with Crippen molar-refractivity contribution in [1.29, 1.82) is 0 Å². The molecule has 0 saturated heterocycles. The number of carbonyl (C=O) groups is 1. The fraction of sp³-hybridized carbons (Fsp3) is 0.462. The molecule has 0 heterocycles. The van der Waals surface area contributed by atoms with Gasteiger partial charge in [0.15, 0.2) is 11.5 Å². The molecule has 0 spiro atoms. The quantitative estimate of drug-likeness (QED) is 0.653.